The molecule has 0 heterocycles. The molecule has 0 aliphatic carbocycles. The molecule has 0 amide bonds. The molecule has 0 atom stereocenters. The maximum Gasteiger partial charge on any atom is 0.416 e. The van der Waals surface area contributed by atoms with Gasteiger partial charge in [0.2, 0.25) is 0 Å². The number of benzene rings is 2. The van der Waals surface area contributed by atoms with E-state index < -0.39 is 11.7 Å². The Morgan fingerprint density at radius 1 is 1.05 bits per heavy atom. The van der Waals surface area contributed by atoms with Crippen LogP contribution in [-0.2, 0) is 12.7 Å². The van der Waals surface area contributed by atoms with E-state index >= 15 is 0 Å². The fourth-order valence-electron chi connectivity index (χ4n) is 1.95. The van der Waals surface area contributed by atoms with Gasteiger partial charge >= 0.3 is 6.18 Å². The summed E-state index contributed by atoms with van der Waals surface area (Å²) in [6.45, 7) is -0.0696. The lowest BCUT2D eigenvalue weighted by Crippen LogP contribution is -2.16. The molecule has 0 aromatic heterocycles. The molecule has 114 valence electrons. The van der Waals surface area contributed by atoms with E-state index in [2.05, 4.69) is 10.5 Å². The summed E-state index contributed by atoms with van der Waals surface area (Å²) in [5, 5.41) is 11.3. The third-order valence-corrected chi connectivity index (χ3v) is 3.00. The first kappa shape index (κ1) is 15.8. The summed E-state index contributed by atoms with van der Waals surface area (Å²) in [6.07, 6.45) is -3.34. The average molecular weight is 305 g/mol. The van der Waals surface area contributed by atoms with E-state index in [0.717, 1.165) is 12.3 Å². The van der Waals surface area contributed by atoms with Crippen molar-refractivity contribution in [1.82, 2.24) is 5.43 Å². The average Bonchev–Trinajstić information content (AvgIpc) is 2.52. The number of hydrogen-bond acceptors (Lipinski definition) is 3. The second-order valence-corrected chi connectivity index (χ2v) is 4.50. The minimum atomic E-state index is -4.40. The van der Waals surface area contributed by atoms with Gasteiger partial charge in [-0.3, -0.25) is 0 Å². The highest BCUT2D eigenvalue weighted by Gasteiger charge is 2.32. The van der Waals surface area contributed by atoms with Crippen molar-refractivity contribution < 1.29 is 13.2 Å². The van der Waals surface area contributed by atoms with Gasteiger partial charge in [-0.1, -0.05) is 48.5 Å². The van der Waals surface area contributed by atoms with Gasteiger partial charge in [-0.2, -0.15) is 18.3 Å². The second kappa shape index (κ2) is 6.89. The first-order valence-corrected chi connectivity index (χ1v) is 6.54. The zero-order valence-electron chi connectivity index (χ0n) is 11.6. The molecule has 0 radical (unpaired) electrons. The summed E-state index contributed by atoms with van der Waals surface area (Å²) < 4.78 is 38.6. The van der Waals surface area contributed by atoms with Gasteiger partial charge in [-0.15, -0.1) is 0 Å². The van der Waals surface area contributed by atoms with Gasteiger partial charge in [0.1, 0.15) is 5.71 Å². The third kappa shape index (κ3) is 3.94. The highest BCUT2D eigenvalue weighted by Crippen LogP contribution is 2.31. The molecule has 2 N–H and O–H groups in total. The number of hydrazone groups is 1. The first-order valence-electron chi connectivity index (χ1n) is 6.54. The van der Waals surface area contributed by atoms with Gasteiger partial charge in [-0.05, 0) is 11.6 Å². The monoisotopic (exact) mass is 305 g/mol. The van der Waals surface area contributed by atoms with Crippen LogP contribution in [0, 0.1) is 5.41 Å². The molecule has 0 unspecified atom stereocenters. The molecule has 0 bridgehead atoms. The van der Waals surface area contributed by atoms with Crippen LogP contribution in [0.2, 0.25) is 0 Å². The number of alkyl halides is 3. The van der Waals surface area contributed by atoms with Gasteiger partial charge < -0.3 is 10.8 Å². The zero-order valence-corrected chi connectivity index (χ0v) is 11.6. The topological polar surface area (TPSA) is 48.2 Å². The molecule has 0 saturated heterocycles. The van der Waals surface area contributed by atoms with Crippen LogP contribution in [-0.4, -0.2) is 11.9 Å². The van der Waals surface area contributed by atoms with Gasteiger partial charge in [0.05, 0.1) is 12.1 Å². The van der Waals surface area contributed by atoms with Crippen molar-refractivity contribution in [3.8, 4) is 0 Å². The summed E-state index contributed by atoms with van der Waals surface area (Å²) >= 11 is 0. The molecule has 3 nitrogen and oxygen atoms in total. The SMILES string of the molecule is N=C/C(=N\NCc1ccccc1C(F)(F)F)c1ccccc1. The van der Waals surface area contributed by atoms with Crippen LogP contribution < -0.4 is 5.43 Å². The number of nitrogens with one attached hydrogen (secondary N) is 2. The van der Waals surface area contributed by atoms with Gasteiger partial charge in [0, 0.05) is 11.8 Å². The smallest absolute Gasteiger partial charge is 0.306 e. The van der Waals surface area contributed by atoms with Crippen molar-refractivity contribution in [2.75, 3.05) is 0 Å². The van der Waals surface area contributed by atoms with Crippen molar-refractivity contribution >= 4 is 11.9 Å². The van der Waals surface area contributed by atoms with Gasteiger partial charge in [0.25, 0.3) is 0 Å². The predicted molar refractivity (Wildman–Crippen MR) is 80.0 cm³/mol. The predicted octanol–water partition coefficient (Wildman–Crippen LogP) is 3.85. The Kier molecular flexibility index (Phi) is 4.93. The van der Waals surface area contributed by atoms with E-state index in [1.54, 1.807) is 30.3 Å². The van der Waals surface area contributed by atoms with E-state index in [4.69, 9.17) is 5.41 Å². The number of rotatable bonds is 5. The summed E-state index contributed by atoms with van der Waals surface area (Å²) in [6, 6.07) is 14.3. The maximum absolute atomic E-state index is 12.9. The van der Waals surface area contributed by atoms with Crippen molar-refractivity contribution in [2.24, 2.45) is 5.10 Å². The Morgan fingerprint density at radius 2 is 1.68 bits per heavy atom. The van der Waals surface area contributed by atoms with E-state index in [0.29, 0.717) is 11.3 Å². The fraction of sp³-hybridized carbons (Fsp3) is 0.125. The van der Waals surface area contributed by atoms with E-state index in [9.17, 15) is 13.2 Å². The number of nitrogens with zero attached hydrogens (tertiary/aromatic N) is 1. The summed E-state index contributed by atoms with van der Waals surface area (Å²) in [5.41, 5.74) is 3.09. The van der Waals surface area contributed by atoms with E-state index in [-0.39, 0.29) is 12.1 Å². The Hall–Kier alpha value is -2.63. The molecular weight excluding hydrogens is 291 g/mol. The van der Waals surface area contributed by atoms with E-state index in [1.165, 1.54) is 12.1 Å². The van der Waals surface area contributed by atoms with Crippen LogP contribution in [0.25, 0.3) is 0 Å². The lowest BCUT2D eigenvalue weighted by atomic mass is 10.1. The summed E-state index contributed by atoms with van der Waals surface area (Å²) in [7, 11) is 0. The standard InChI is InChI=1S/C16H14F3N3/c17-16(18,19)14-9-5-4-8-13(14)11-21-22-15(10-20)12-6-2-1-3-7-12/h1-10,20-21H,11H2/b20-10?,22-15+. The number of halogens is 3. The van der Waals surface area contributed by atoms with Crippen LogP contribution in [0.4, 0.5) is 13.2 Å². The molecule has 0 aliphatic heterocycles. The molecule has 2 aromatic rings. The molecule has 0 saturated carbocycles. The normalized spacial score (nSPS) is 12.0. The zero-order chi connectivity index (χ0) is 16.0. The number of hydrogen-bond donors (Lipinski definition) is 2. The highest BCUT2D eigenvalue weighted by molar-refractivity contribution is 6.37. The van der Waals surface area contributed by atoms with Crippen molar-refractivity contribution in [1.29, 1.82) is 5.41 Å². The van der Waals surface area contributed by atoms with Crippen molar-refractivity contribution in [3.63, 3.8) is 0 Å². The third-order valence-electron chi connectivity index (χ3n) is 3.00. The van der Waals surface area contributed by atoms with Gasteiger partial charge in [-0.25, -0.2) is 0 Å². The molecule has 0 spiro atoms. The largest absolute Gasteiger partial charge is 0.416 e. The molecule has 22 heavy (non-hydrogen) atoms. The van der Waals surface area contributed by atoms with Crippen LogP contribution in [0.3, 0.4) is 0 Å². The summed E-state index contributed by atoms with van der Waals surface area (Å²) in [4.78, 5) is 0. The van der Waals surface area contributed by atoms with E-state index in [1.807, 2.05) is 6.07 Å². The lowest BCUT2D eigenvalue weighted by Gasteiger charge is -2.12. The molecule has 0 aliphatic rings. The minimum Gasteiger partial charge on any atom is -0.306 e. The van der Waals surface area contributed by atoms with Crippen LogP contribution in [0.1, 0.15) is 16.7 Å². The molecular formula is C16H14F3N3. The molecule has 2 aromatic carbocycles. The minimum absolute atomic E-state index is 0.0696. The Bertz CT molecular complexity index is 664. The van der Waals surface area contributed by atoms with Gasteiger partial charge in [0.15, 0.2) is 0 Å². The van der Waals surface area contributed by atoms with Crippen molar-refractivity contribution in [3.05, 3.63) is 71.3 Å². The lowest BCUT2D eigenvalue weighted by molar-refractivity contribution is -0.138. The quantitative estimate of drug-likeness (QED) is 0.640. The first-order chi connectivity index (χ1) is 10.5. The van der Waals surface area contributed by atoms with Crippen molar-refractivity contribution in [2.45, 2.75) is 12.7 Å². The molecule has 2 rings (SSSR count). The molecule has 0 fully saturated rings. The Balaban J connectivity index is 2.14. The second-order valence-electron chi connectivity index (χ2n) is 4.50. The highest BCUT2D eigenvalue weighted by atomic mass is 19.4. The van der Waals surface area contributed by atoms with Crippen LogP contribution in [0.15, 0.2) is 59.7 Å². The summed E-state index contributed by atoms with van der Waals surface area (Å²) in [5.74, 6) is 0. The van der Waals surface area contributed by atoms with Crippen LogP contribution in [0.5, 0.6) is 0 Å². The fourth-order valence-corrected chi connectivity index (χ4v) is 1.95. The van der Waals surface area contributed by atoms with Crippen LogP contribution >= 0.6 is 0 Å². The molecule has 6 heteroatoms. The Morgan fingerprint density at radius 3 is 2.32 bits per heavy atom. The Labute approximate surface area is 126 Å². The maximum atomic E-state index is 12.9.